The van der Waals surface area contributed by atoms with Gasteiger partial charge in [-0.2, -0.15) is 0 Å². The number of allylic oxidation sites excluding steroid dienone is 9. The molecule has 0 unspecified atom stereocenters. The first-order valence-electron chi connectivity index (χ1n) is 27.7. The van der Waals surface area contributed by atoms with Crippen LogP contribution in [0.5, 0.6) is 0 Å². The van der Waals surface area contributed by atoms with Crippen LogP contribution in [0.1, 0.15) is 84.3 Å². The van der Waals surface area contributed by atoms with Gasteiger partial charge in [-0.25, -0.2) is 0 Å². The summed E-state index contributed by atoms with van der Waals surface area (Å²) >= 11 is 0. The van der Waals surface area contributed by atoms with Crippen molar-refractivity contribution in [3.05, 3.63) is 266 Å². The monoisotopic (exact) mass is 987 g/mol. The number of benzene rings is 8. The minimum absolute atomic E-state index is 0.116. The predicted octanol–water partition coefficient (Wildman–Crippen LogP) is 18.6. The summed E-state index contributed by atoms with van der Waals surface area (Å²) in [6, 6.07) is 68.5. The molecule has 76 heavy (non-hydrogen) atoms. The summed E-state index contributed by atoms with van der Waals surface area (Å²) in [7, 11) is 0. The van der Waals surface area contributed by atoms with Gasteiger partial charge in [-0.15, -0.1) is 0 Å². The highest BCUT2D eigenvalue weighted by atomic mass is 15.2. The lowest BCUT2D eigenvalue weighted by Gasteiger charge is -2.46. The molecular weight excluding hydrogens is 916 g/mol. The van der Waals surface area contributed by atoms with E-state index in [1.807, 2.05) is 12.2 Å². The fourth-order valence-electron chi connectivity index (χ4n) is 11.4. The van der Waals surface area contributed by atoms with Crippen molar-refractivity contribution < 1.29 is 0 Å². The van der Waals surface area contributed by atoms with Crippen molar-refractivity contribution in [2.75, 3.05) is 9.80 Å². The SMILES string of the molecule is C=C\C=C/C=C/C(/C=C/CC)=C(/C=C)N1c2ccc(-c3ccccc3)cc2B2c3cc(-c4ccccc4)ccc3N(c3c(-c4ccccc4)cc(C(C)(C)C)cc3-c3ccccc3)c3cc(CCCCCCC)cc1c32. The third kappa shape index (κ3) is 10.4. The molecule has 0 N–H and O–H groups in total. The van der Waals surface area contributed by atoms with Gasteiger partial charge >= 0.3 is 0 Å². The van der Waals surface area contributed by atoms with Crippen molar-refractivity contribution >= 4 is 51.5 Å². The summed E-state index contributed by atoms with van der Waals surface area (Å²) in [6.07, 6.45) is 24.7. The lowest BCUT2D eigenvalue weighted by Crippen LogP contribution is -2.62. The highest BCUT2D eigenvalue weighted by Crippen LogP contribution is 2.52. The van der Waals surface area contributed by atoms with Gasteiger partial charge in [-0.1, -0.05) is 262 Å². The van der Waals surface area contributed by atoms with E-state index in [0.29, 0.717) is 0 Å². The van der Waals surface area contributed by atoms with Crippen molar-refractivity contribution in [1.82, 2.24) is 0 Å². The third-order valence-corrected chi connectivity index (χ3v) is 15.2. The van der Waals surface area contributed by atoms with Crippen molar-refractivity contribution in [1.29, 1.82) is 0 Å². The fourth-order valence-corrected chi connectivity index (χ4v) is 11.4. The zero-order chi connectivity index (χ0) is 52.6. The smallest absolute Gasteiger partial charge is 0.252 e. The molecule has 0 radical (unpaired) electrons. The Labute approximate surface area is 454 Å². The van der Waals surface area contributed by atoms with E-state index in [2.05, 4.69) is 276 Å². The molecule has 0 bridgehead atoms. The Hall–Kier alpha value is -8.14. The highest BCUT2D eigenvalue weighted by Gasteiger charge is 2.45. The Morgan fingerprint density at radius 3 is 1.59 bits per heavy atom. The van der Waals surface area contributed by atoms with Crippen LogP contribution in [0.4, 0.5) is 28.4 Å². The molecule has 0 fully saturated rings. The quantitative estimate of drug-likeness (QED) is 0.0480. The van der Waals surface area contributed by atoms with Crippen LogP contribution in [-0.4, -0.2) is 6.71 Å². The molecule has 0 saturated heterocycles. The first-order chi connectivity index (χ1) is 37.2. The third-order valence-electron chi connectivity index (χ3n) is 15.2. The fraction of sp³-hybridized carbons (Fsp3) is 0.178. The Bertz CT molecular complexity index is 3420. The van der Waals surface area contributed by atoms with Gasteiger partial charge in [-0.05, 0) is 134 Å². The number of anilines is 5. The zero-order valence-corrected chi connectivity index (χ0v) is 45.3. The Balaban J connectivity index is 1.38. The zero-order valence-electron chi connectivity index (χ0n) is 45.3. The van der Waals surface area contributed by atoms with Crippen LogP contribution in [0.15, 0.2) is 255 Å². The number of nitrogens with zero attached hydrogens (tertiary/aromatic N) is 2. The van der Waals surface area contributed by atoms with Crippen LogP contribution in [0.2, 0.25) is 0 Å². The summed E-state index contributed by atoms with van der Waals surface area (Å²) < 4.78 is 0. The Kier molecular flexibility index (Phi) is 15.7. The topological polar surface area (TPSA) is 6.48 Å². The van der Waals surface area contributed by atoms with E-state index < -0.39 is 0 Å². The predicted molar refractivity (Wildman–Crippen MR) is 332 cm³/mol. The molecule has 0 aromatic heterocycles. The average molecular weight is 987 g/mol. The van der Waals surface area contributed by atoms with E-state index >= 15 is 0 Å². The molecule has 0 spiro atoms. The molecular formula is C73H71BN2. The number of fused-ring (bicyclic) bond motifs is 4. The second-order valence-electron chi connectivity index (χ2n) is 21.3. The molecule has 10 rings (SSSR count). The molecule has 2 aliphatic heterocycles. The van der Waals surface area contributed by atoms with Gasteiger partial charge in [0.2, 0.25) is 0 Å². The van der Waals surface area contributed by atoms with Gasteiger partial charge in [0.15, 0.2) is 0 Å². The molecule has 0 saturated carbocycles. The molecule has 0 aliphatic carbocycles. The number of aryl methyl sites for hydroxylation is 1. The van der Waals surface area contributed by atoms with Gasteiger partial charge in [-0.3, -0.25) is 0 Å². The summed E-state index contributed by atoms with van der Waals surface area (Å²) in [4.78, 5) is 5.23. The van der Waals surface area contributed by atoms with Gasteiger partial charge in [0, 0.05) is 33.9 Å². The maximum absolute atomic E-state index is 4.65. The van der Waals surface area contributed by atoms with Crippen LogP contribution in [0.25, 0.3) is 44.5 Å². The van der Waals surface area contributed by atoms with E-state index in [0.717, 1.165) is 36.2 Å². The first-order valence-corrected chi connectivity index (χ1v) is 27.7. The molecule has 376 valence electrons. The molecule has 0 amide bonds. The number of hydrogen-bond donors (Lipinski definition) is 0. The van der Waals surface area contributed by atoms with Crippen LogP contribution in [0, 0.1) is 0 Å². The van der Waals surface area contributed by atoms with Gasteiger partial charge in [0.1, 0.15) is 0 Å². The number of hydrogen-bond acceptors (Lipinski definition) is 2. The van der Waals surface area contributed by atoms with E-state index in [-0.39, 0.29) is 12.1 Å². The first kappa shape index (κ1) is 51.4. The van der Waals surface area contributed by atoms with Crippen LogP contribution >= 0.6 is 0 Å². The molecule has 3 heteroatoms. The van der Waals surface area contributed by atoms with Crippen LogP contribution in [0.3, 0.4) is 0 Å². The molecule has 8 aromatic carbocycles. The molecule has 0 atom stereocenters. The maximum Gasteiger partial charge on any atom is 0.252 e. The summed E-state index contributed by atoms with van der Waals surface area (Å²) in [5, 5.41) is 0. The van der Waals surface area contributed by atoms with E-state index in [4.69, 9.17) is 0 Å². The van der Waals surface area contributed by atoms with E-state index in [1.165, 1.54) is 120 Å². The van der Waals surface area contributed by atoms with Gasteiger partial charge in [0.05, 0.1) is 11.4 Å². The minimum atomic E-state index is -0.119. The summed E-state index contributed by atoms with van der Waals surface area (Å²) in [5.41, 5.74) is 23.9. The minimum Gasteiger partial charge on any atom is -0.311 e. The second kappa shape index (κ2) is 23.2. The van der Waals surface area contributed by atoms with Crippen LogP contribution in [-0.2, 0) is 11.8 Å². The van der Waals surface area contributed by atoms with Crippen molar-refractivity contribution in [2.24, 2.45) is 0 Å². The molecule has 2 heterocycles. The average Bonchev–Trinajstić information content (AvgIpc) is 3.63. The number of rotatable bonds is 18. The maximum atomic E-state index is 4.65. The standard InChI is InChI=1S/C73H71BN2/c1-8-12-15-17-22-32-53-47-69-71-70(48-53)76(72-62(56-38-28-20-29-39-56)51-61(73(5,6)7)52-63(72)57-40-30-21-31-41-57)68-46-44-60(55-36-26-19-27-37-55)50-65(68)74(71)64-49-59(54-34-24-18-25-35-54)43-45-67(64)75(69)66(11-4)58(33-14-10-3)42-23-16-13-9-2/h9,11,13-14,16,18-21,23-31,33-52H,2,4,8,10,12,15,17,22,32H2,1,3,5-7H3/b16-13-,33-14+,42-23+,66-58-. The lowest BCUT2D eigenvalue weighted by atomic mass is 9.33. The highest BCUT2D eigenvalue weighted by molar-refractivity contribution is 7.00. The normalized spacial score (nSPS) is 13.2. The Morgan fingerprint density at radius 2 is 1.05 bits per heavy atom. The lowest BCUT2D eigenvalue weighted by molar-refractivity contribution is 0.591. The molecule has 2 aliphatic rings. The molecule has 8 aromatic rings. The summed E-state index contributed by atoms with van der Waals surface area (Å²) in [5.74, 6) is 0. The van der Waals surface area contributed by atoms with E-state index in [9.17, 15) is 0 Å². The largest absolute Gasteiger partial charge is 0.311 e. The van der Waals surface area contributed by atoms with Gasteiger partial charge < -0.3 is 9.80 Å². The van der Waals surface area contributed by atoms with E-state index in [1.54, 1.807) is 0 Å². The van der Waals surface area contributed by atoms with Crippen molar-refractivity contribution in [3.8, 4) is 44.5 Å². The van der Waals surface area contributed by atoms with Crippen LogP contribution < -0.4 is 26.2 Å². The van der Waals surface area contributed by atoms with Crippen molar-refractivity contribution in [3.63, 3.8) is 0 Å². The second-order valence-corrected chi connectivity index (χ2v) is 21.3. The van der Waals surface area contributed by atoms with Gasteiger partial charge in [0.25, 0.3) is 6.71 Å². The summed E-state index contributed by atoms with van der Waals surface area (Å²) in [6.45, 7) is 20.0. The Morgan fingerprint density at radius 1 is 0.513 bits per heavy atom. The number of unbranched alkanes of at least 4 members (excludes halogenated alkanes) is 4. The van der Waals surface area contributed by atoms with Crippen molar-refractivity contribution in [2.45, 2.75) is 85.0 Å². The molecule has 2 nitrogen and oxygen atoms in total.